The molecule has 0 bridgehead atoms. The smallest absolute Gasteiger partial charge is 0.264 e. The normalized spacial score (nSPS) is 15.0. The summed E-state index contributed by atoms with van der Waals surface area (Å²) in [7, 11) is -3.28. The average Bonchev–Trinajstić information content (AvgIpc) is 2.97. The summed E-state index contributed by atoms with van der Waals surface area (Å²) in [5, 5.41) is 0.837. The van der Waals surface area contributed by atoms with E-state index in [1.165, 1.54) is 10.6 Å². The Morgan fingerprint density at radius 2 is 2.04 bits per heavy atom. The van der Waals surface area contributed by atoms with E-state index in [2.05, 4.69) is 4.98 Å². The van der Waals surface area contributed by atoms with Crippen LogP contribution in [0, 0.1) is 6.92 Å². The molecule has 0 saturated heterocycles. The predicted octanol–water partition coefficient (Wildman–Crippen LogP) is 1.93. The minimum Gasteiger partial charge on any atom is -0.398 e. The number of nitrogen functional groups attached to an aromatic ring is 1. The van der Waals surface area contributed by atoms with Crippen LogP contribution in [0.4, 0.5) is 5.69 Å². The molecule has 0 unspecified atom stereocenters. The molecule has 0 radical (unpaired) electrons. The molecule has 2 aromatic heterocycles. The first kappa shape index (κ1) is 17.7. The van der Waals surface area contributed by atoms with Crippen LogP contribution in [0.2, 0.25) is 0 Å². The average molecular weight is 384 g/mol. The number of hydrogen-bond donors (Lipinski definition) is 1. The van der Waals surface area contributed by atoms with Crippen molar-refractivity contribution in [1.82, 2.24) is 13.9 Å². The molecule has 27 heavy (non-hydrogen) atoms. The summed E-state index contributed by atoms with van der Waals surface area (Å²) in [4.78, 5) is 17.5. The fourth-order valence-electron chi connectivity index (χ4n) is 3.71. The van der Waals surface area contributed by atoms with Gasteiger partial charge in [0, 0.05) is 42.3 Å². The quantitative estimate of drug-likeness (QED) is 0.681. The van der Waals surface area contributed by atoms with Crippen molar-refractivity contribution in [2.45, 2.75) is 19.9 Å². The lowest BCUT2D eigenvalue weighted by molar-refractivity contribution is 0.0961. The molecular formula is C19H20N4O3S. The Bertz CT molecular complexity index is 1180. The second-order valence-corrected chi connectivity index (χ2v) is 8.86. The molecule has 0 spiro atoms. The van der Waals surface area contributed by atoms with Crippen LogP contribution < -0.4 is 5.73 Å². The second-order valence-electron chi connectivity index (χ2n) is 6.88. The van der Waals surface area contributed by atoms with Gasteiger partial charge in [-0.3, -0.25) is 14.3 Å². The minimum absolute atomic E-state index is 0.176. The van der Waals surface area contributed by atoms with Crippen LogP contribution in [-0.2, 0) is 23.0 Å². The summed E-state index contributed by atoms with van der Waals surface area (Å²) < 4.78 is 26.7. The van der Waals surface area contributed by atoms with Crippen molar-refractivity contribution < 1.29 is 13.2 Å². The zero-order valence-electron chi connectivity index (χ0n) is 15.1. The minimum atomic E-state index is -3.28. The summed E-state index contributed by atoms with van der Waals surface area (Å²) >= 11 is 0. The molecule has 140 valence electrons. The molecule has 0 amide bonds. The first-order valence-corrected chi connectivity index (χ1v) is 10.4. The Labute approximate surface area is 157 Å². The summed E-state index contributed by atoms with van der Waals surface area (Å²) in [6.07, 6.45) is 4.88. The first-order chi connectivity index (χ1) is 12.8. The van der Waals surface area contributed by atoms with E-state index in [9.17, 15) is 13.2 Å². The lowest BCUT2D eigenvalue weighted by Gasteiger charge is -2.27. The number of nitrogens with zero attached hydrogens (tertiary/aromatic N) is 3. The van der Waals surface area contributed by atoms with Crippen molar-refractivity contribution in [1.29, 1.82) is 0 Å². The zero-order chi connectivity index (χ0) is 19.3. The predicted molar refractivity (Wildman–Crippen MR) is 104 cm³/mol. The number of carbonyl (C=O) groups is 1. The number of nitrogens with two attached hydrogens (primary N) is 1. The molecule has 7 nitrogen and oxygen atoms in total. The van der Waals surface area contributed by atoms with Crippen molar-refractivity contribution in [2.75, 3.05) is 18.5 Å². The van der Waals surface area contributed by atoms with Crippen molar-refractivity contribution in [2.24, 2.45) is 0 Å². The van der Waals surface area contributed by atoms with Gasteiger partial charge in [0.25, 0.3) is 5.91 Å². The molecule has 3 heterocycles. The van der Waals surface area contributed by atoms with E-state index in [0.717, 1.165) is 27.7 Å². The number of fused-ring (bicyclic) bond motifs is 2. The topological polar surface area (TPSA) is 98.3 Å². The van der Waals surface area contributed by atoms with Crippen molar-refractivity contribution >= 4 is 32.5 Å². The molecule has 8 heteroatoms. The SMILES string of the molecule is Cc1cc2c(N)cccc2n1C(=O)c1cncc2c1CCN(S(C)(=O)=O)C2. The molecular weight excluding hydrogens is 364 g/mol. The van der Waals surface area contributed by atoms with E-state index in [0.29, 0.717) is 24.2 Å². The Morgan fingerprint density at radius 1 is 1.26 bits per heavy atom. The van der Waals surface area contributed by atoms with Crippen LogP contribution in [0.25, 0.3) is 10.9 Å². The Kier molecular flexibility index (Phi) is 4.05. The highest BCUT2D eigenvalue weighted by Crippen LogP contribution is 2.28. The Balaban J connectivity index is 1.82. The molecule has 0 atom stereocenters. The lowest BCUT2D eigenvalue weighted by atomic mass is 9.97. The third-order valence-electron chi connectivity index (χ3n) is 5.07. The van der Waals surface area contributed by atoms with Crippen molar-refractivity contribution in [3.8, 4) is 0 Å². The summed E-state index contributed by atoms with van der Waals surface area (Å²) in [6.45, 7) is 2.46. The van der Waals surface area contributed by atoms with Gasteiger partial charge in [0.1, 0.15) is 0 Å². The Hall–Kier alpha value is -2.71. The lowest BCUT2D eigenvalue weighted by Crippen LogP contribution is -2.36. The fraction of sp³-hybridized carbons (Fsp3) is 0.263. The molecule has 3 aromatic rings. The number of hydrogen-bond acceptors (Lipinski definition) is 5. The molecule has 1 aromatic carbocycles. The van der Waals surface area contributed by atoms with E-state index >= 15 is 0 Å². The van der Waals surface area contributed by atoms with Crippen molar-refractivity contribution in [3.05, 3.63) is 59.0 Å². The van der Waals surface area contributed by atoms with Crippen LogP contribution in [0.15, 0.2) is 36.7 Å². The van der Waals surface area contributed by atoms with Gasteiger partial charge in [-0.25, -0.2) is 8.42 Å². The fourth-order valence-corrected chi connectivity index (χ4v) is 4.51. The van der Waals surface area contributed by atoms with Gasteiger partial charge in [0.05, 0.1) is 17.3 Å². The highest BCUT2D eigenvalue weighted by molar-refractivity contribution is 7.88. The number of pyridine rings is 1. The molecule has 0 saturated carbocycles. The number of rotatable bonds is 2. The van der Waals surface area contributed by atoms with E-state index in [-0.39, 0.29) is 12.5 Å². The maximum atomic E-state index is 13.4. The highest BCUT2D eigenvalue weighted by atomic mass is 32.2. The van der Waals surface area contributed by atoms with Gasteiger partial charge in [-0.2, -0.15) is 4.31 Å². The summed E-state index contributed by atoms with van der Waals surface area (Å²) in [5.41, 5.74) is 10.3. The number of carbonyl (C=O) groups excluding carboxylic acids is 1. The largest absolute Gasteiger partial charge is 0.398 e. The summed E-state index contributed by atoms with van der Waals surface area (Å²) in [6, 6.07) is 7.40. The molecule has 1 aliphatic heterocycles. The Morgan fingerprint density at radius 3 is 2.78 bits per heavy atom. The zero-order valence-corrected chi connectivity index (χ0v) is 16.0. The maximum absolute atomic E-state index is 13.4. The van der Waals surface area contributed by atoms with Crippen LogP contribution in [0.3, 0.4) is 0 Å². The molecule has 4 rings (SSSR count). The number of anilines is 1. The van der Waals surface area contributed by atoms with Gasteiger partial charge in [-0.15, -0.1) is 0 Å². The van der Waals surface area contributed by atoms with Gasteiger partial charge < -0.3 is 5.73 Å². The number of sulfonamides is 1. The molecule has 2 N–H and O–H groups in total. The molecule has 0 aliphatic carbocycles. The molecule has 1 aliphatic rings. The van der Waals surface area contributed by atoms with Crippen LogP contribution in [-0.4, -0.2) is 41.0 Å². The second kappa shape index (κ2) is 6.17. The van der Waals surface area contributed by atoms with Crippen LogP contribution in [0.5, 0.6) is 0 Å². The van der Waals surface area contributed by atoms with Crippen molar-refractivity contribution in [3.63, 3.8) is 0 Å². The summed E-state index contributed by atoms with van der Waals surface area (Å²) in [5.74, 6) is -0.176. The molecule has 0 fully saturated rings. The van der Waals surface area contributed by atoms with Gasteiger partial charge in [-0.1, -0.05) is 6.07 Å². The third kappa shape index (κ3) is 2.90. The number of aromatic nitrogens is 2. The number of benzene rings is 1. The first-order valence-electron chi connectivity index (χ1n) is 8.59. The maximum Gasteiger partial charge on any atom is 0.264 e. The van der Waals surface area contributed by atoms with Gasteiger partial charge in [0.15, 0.2) is 0 Å². The standard InChI is InChI=1S/C19H20N4O3S/c1-12-8-15-17(20)4-3-5-18(15)23(12)19(24)16-10-21-9-13-11-22(27(2,25)26)7-6-14(13)16/h3-5,8-10H,6-7,11,20H2,1-2H3. The van der Waals surface area contributed by atoms with E-state index in [4.69, 9.17) is 5.73 Å². The van der Waals surface area contributed by atoms with Gasteiger partial charge in [0.2, 0.25) is 10.0 Å². The van der Waals surface area contributed by atoms with E-state index < -0.39 is 10.0 Å². The van der Waals surface area contributed by atoms with Crippen LogP contribution >= 0.6 is 0 Å². The highest BCUT2D eigenvalue weighted by Gasteiger charge is 2.27. The van der Waals surface area contributed by atoms with Gasteiger partial charge in [-0.05, 0) is 42.7 Å². The van der Waals surface area contributed by atoms with Gasteiger partial charge >= 0.3 is 0 Å². The monoisotopic (exact) mass is 384 g/mol. The third-order valence-corrected chi connectivity index (χ3v) is 6.32. The number of aryl methyl sites for hydroxylation is 1. The van der Waals surface area contributed by atoms with E-state index in [1.807, 2.05) is 31.2 Å². The van der Waals surface area contributed by atoms with Crippen LogP contribution in [0.1, 0.15) is 27.2 Å². The van der Waals surface area contributed by atoms with E-state index in [1.54, 1.807) is 17.0 Å².